The molecule has 1 unspecified atom stereocenters. The highest BCUT2D eigenvalue weighted by Crippen LogP contribution is 2.52. The first-order chi connectivity index (χ1) is 22.6. The van der Waals surface area contributed by atoms with Gasteiger partial charge >= 0.3 is 5.97 Å². The van der Waals surface area contributed by atoms with Crippen LogP contribution in [0.1, 0.15) is 45.5 Å². The monoisotopic (exact) mass is 612 g/mol. The Kier molecular flexibility index (Phi) is 6.30. The summed E-state index contributed by atoms with van der Waals surface area (Å²) in [5.41, 5.74) is 7.64. The van der Waals surface area contributed by atoms with E-state index in [4.69, 9.17) is 18.9 Å². The number of fused-ring (bicyclic) bond motifs is 10. The van der Waals surface area contributed by atoms with Crippen LogP contribution in [-0.2, 0) is 28.8 Å². The van der Waals surface area contributed by atoms with Crippen molar-refractivity contribution in [2.45, 2.75) is 49.5 Å². The standard InChI is InChI=1S/C37H32N4O5/c1-40-29-13-24-16-34-35(46-20-45-34)17-27(24)37(40)30-14-23-15-33-22(9-11-43-33)12-26(23)32(41(30)31(29)18-38)19-44-36(42)7-6-21-8-10-39-28-5-3-2-4-25(21)28/h2-8,10,12,15-17,29-32,37H,9,11,13-14,19-20H2,1H3/b7-6+/t29-,30?,31-,32-,37+/m0/s1. The zero-order chi connectivity index (χ0) is 30.9. The van der Waals surface area contributed by atoms with Gasteiger partial charge in [-0.15, -0.1) is 0 Å². The number of ether oxygens (including phenoxy) is 4. The van der Waals surface area contributed by atoms with E-state index in [1.807, 2.05) is 30.3 Å². The minimum absolute atomic E-state index is 0.0215. The van der Waals surface area contributed by atoms with E-state index in [-0.39, 0.29) is 37.6 Å². The third kappa shape index (κ3) is 4.21. The molecule has 0 spiro atoms. The average Bonchev–Trinajstić information content (AvgIpc) is 3.73. The third-order valence-electron chi connectivity index (χ3n) is 10.5. The fourth-order valence-electron chi connectivity index (χ4n) is 8.39. The molecule has 230 valence electrons. The summed E-state index contributed by atoms with van der Waals surface area (Å²) < 4.78 is 23.5. The molecule has 46 heavy (non-hydrogen) atoms. The molecule has 9 rings (SSSR count). The molecule has 5 aliphatic heterocycles. The molecule has 0 saturated carbocycles. The number of para-hydroxylation sites is 1. The smallest absolute Gasteiger partial charge is 0.330 e. The summed E-state index contributed by atoms with van der Waals surface area (Å²) in [6.07, 6.45) is 7.33. The molecule has 9 nitrogen and oxygen atoms in total. The Labute approximate surface area is 266 Å². The van der Waals surface area contributed by atoms with Crippen molar-refractivity contribution in [2.24, 2.45) is 0 Å². The largest absolute Gasteiger partial charge is 0.493 e. The first-order valence-corrected chi connectivity index (χ1v) is 15.9. The quantitative estimate of drug-likeness (QED) is 0.235. The van der Waals surface area contributed by atoms with Crippen LogP contribution in [0.25, 0.3) is 17.0 Å². The maximum Gasteiger partial charge on any atom is 0.330 e. The van der Waals surface area contributed by atoms with Gasteiger partial charge in [-0.05, 0) is 95.7 Å². The Bertz CT molecular complexity index is 1980. The summed E-state index contributed by atoms with van der Waals surface area (Å²) in [5, 5.41) is 11.7. The van der Waals surface area contributed by atoms with Crippen LogP contribution in [-0.4, -0.2) is 65.9 Å². The number of carbonyl (C=O) groups is 1. The zero-order valence-electron chi connectivity index (χ0n) is 25.4. The molecule has 0 N–H and O–H groups in total. The average molecular weight is 613 g/mol. The van der Waals surface area contributed by atoms with Crippen molar-refractivity contribution >= 4 is 22.9 Å². The van der Waals surface area contributed by atoms with Gasteiger partial charge in [0.15, 0.2) is 11.5 Å². The number of esters is 1. The lowest BCUT2D eigenvalue weighted by Gasteiger charge is -2.59. The highest BCUT2D eigenvalue weighted by atomic mass is 16.7. The number of aromatic nitrogens is 1. The number of piperazine rings is 1. The van der Waals surface area contributed by atoms with Crippen molar-refractivity contribution < 1.29 is 23.7 Å². The minimum atomic E-state index is -0.421. The molecule has 2 bridgehead atoms. The van der Waals surface area contributed by atoms with Crippen LogP contribution in [0.2, 0.25) is 0 Å². The second-order valence-electron chi connectivity index (χ2n) is 12.7. The van der Waals surface area contributed by atoms with Crippen molar-refractivity contribution in [3.63, 3.8) is 0 Å². The Hall–Kier alpha value is -4.91. The molecule has 1 saturated heterocycles. The molecular formula is C37H32N4O5. The molecule has 4 aromatic rings. The molecule has 5 aliphatic rings. The van der Waals surface area contributed by atoms with Crippen LogP contribution < -0.4 is 14.2 Å². The van der Waals surface area contributed by atoms with Gasteiger partial charge in [0, 0.05) is 36.2 Å². The number of nitriles is 1. The number of carbonyl (C=O) groups excluding carboxylic acids is 1. The lowest BCUT2D eigenvalue weighted by molar-refractivity contribution is -0.143. The fraction of sp³-hybridized carbons (Fsp3) is 0.324. The SMILES string of the molecule is CN1[C@@H]2c3cc4c(cc3C[C@H]1[C@H](C#N)N1C2Cc2cc3c(cc2[C@@H]1COC(=O)/C=C/c1ccnc2ccccc12)CCO3)OCO4. The molecule has 9 heteroatoms. The first-order valence-electron chi connectivity index (χ1n) is 15.9. The maximum atomic E-state index is 13.3. The molecule has 6 heterocycles. The minimum Gasteiger partial charge on any atom is -0.493 e. The summed E-state index contributed by atoms with van der Waals surface area (Å²) >= 11 is 0. The second-order valence-corrected chi connectivity index (χ2v) is 12.7. The van der Waals surface area contributed by atoms with Gasteiger partial charge in [0.2, 0.25) is 6.79 Å². The van der Waals surface area contributed by atoms with Gasteiger partial charge in [-0.2, -0.15) is 5.26 Å². The number of hydrogen-bond acceptors (Lipinski definition) is 9. The van der Waals surface area contributed by atoms with E-state index < -0.39 is 12.0 Å². The van der Waals surface area contributed by atoms with Crippen molar-refractivity contribution in [1.82, 2.24) is 14.8 Å². The van der Waals surface area contributed by atoms with Gasteiger partial charge in [0.05, 0.1) is 30.3 Å². The molecular weight excluding hydrogens is 580 g/mol. The first kappa shape index (κ1) is 27.4. The van der Waals surface area contributed by atoms with Crippen LogP contribution in [0.15, 0.2) is 66.9 Å². The second kappa shape index (κ2) is 10.6. The summed E-state index contributed by atoms with van der Waals surface area (Å²) in [4.78, 5) is 22.4. The normalized spacial score (nSPS) is 25.7. The Morgan fingerprint density at radius 1 is 1.00 bits per heavy atom. The molecule has 1 aromatic heterocycles. The molecule has 0 aliphatic carbocycles. The third-order valence-corrected chi connectivity index (χ3v) is 10.5. The fourth-order valence-corrected chi connectivity index (χ4v) is 8.39. The lowest BCUT2D eigenvalue weighted by Crippen LogP contribution is -2.68. The number of likely N-dealkylation sites (N-methyl/N-ethyl adjacent to an activating group) is 1. The maximum absolute atomic E-state index is 13.3. The van der Waals surface area contributed by atoms with E-state index in [2.05, 4.69) is 52.2 Å². The predicted molar refractivity (Wildman–Crippen MR) is 169 cm³/mol. The zero-order valence-corrected chi connectivity index (χ0v) is 25.4. The molecule has 0 radical (unpaired) electrons. The van der Waals surface area contributed by atoms with Crippen molar-refractivity contribution in [1.29, 1.82) is 5.26 Å². The van der Waals surface area contributed by atoms with Crippen LogP contribution in [0.3, 0.4) is 0 Å². The molecule has 1 fully saturated rings. The molecule has 3 aromatic carbocycles. The summed E-state index contributed by atoms with van der Waals surface area (Å²) in [6, 6.07) is 20.3. The number of pyridine rings is 1. The van der Waals surface area contributed by atoms with E-state index >= 15 is 0 Å². The number of benzene rings is 3. The highest BCUT2D eigenvalue weighted by Gasteiger charge is 2.55. The summed E-state index contributed by atoms with van der Waals surface area (Å²) in [7, 11) is 2.13. The van der Waals surface area contributed by atoms with Crippen molar-refractivity contribution in [3.05, 3.63) is 100 Å². The summed E-state index contributed by atoms with van der Waals surface area (Å²) in [6.45, 7) is 1.02. The molecule has 0 amide bonds. The Morgan fingerprint density at radius 2 is 1.80 bits per heavy atom. The summed E-state index contributed by atoms with van der Waals surface area (Å²) in [5.74, 6) is 2.05. The predicted octanol–water partition coefficient (Wildman–Crippen LogP) is 4.93. The van der Waals surface area contributed by atoms with Crippen molar-refractivity contribution in [3.8, 4) is 23.3 Å². The van der Waals surface area contributed by atoms with Gasteiger partial charge in [0.25, 0.3) is 0 Å². The lowest BCUT2D eigenvalue weighted by atomic mass is 9.72. The topological polar surface area (TPSA) is 97.2 Å². The van der Waals surface area contributed by atoms with Crippen LogP contribution in [0.5, 0.6) is 17.2 Å². The highest BCUT2D eigenvalue weighted by molar-refractivity contribution is 5.93. The number of rotatable bonds is 4. The van der Waals surface area contributed by atoms with Gasteiger partial charge in [-0.1, -0.05) is 18.2 Å². The van der Waals surface area contributed by atoms with E-state index in [1.54, 1.807) is 12.3 Å². The van der Waals surface area contributed by atoms with E-state index in [9.17, 15) is 10.1 Å². The Balaban J connectivity index is 1.08. The number of hydrogen-bond donors (Lipinski definition) is 0. The Morgan fingerprint density at radius 3 is 2.70 bits per heavy atom. The van der Waals surface area contributed by atoms with Crippen LogP contribution in [0, 0.1) is 11.3 Å². The van der Waals surface area contributed by atoms with Gasteiger partial charge in [0.1, 0.15) is 18.4 Å². The van der Waals surface area contributed by atoms with Gasteiger partial charge in [-0.25, -0.2) is 4.79 Å². The van der Waals surface area contributed by atoms with Gasteiger partial charge in [-0.3, -0.25) is 14.8 Å². The van der Waals surface area contributed by atoms with Gasteiger partial charge < -0.3 is 18.9 Å². The molecule has 5 atom stereocenters. The van der Waals surface area contributed by atoms with Crippen LogP contribution in [0.4, 0.5) is 0 Å². The van der Waals surface area contributed by atoms with Crippen LogP contribution >= 0.6 is 0 Å². The number of nitrogens with zero attached hydrogens (tertiary/aromatic N) is 4. The van der Waals surface area contributed by atoms with Crippen molar-refractivity contribution in [2.75, 3.05) is 27.1 Å². The van der Waals surface area contributed by atoms with E-state index in [0.717, 1.165) is 58.5 Å². The van der Waals surface area contributed by atoms with E-state index in [1.165, 1.54) is 28.3 Å². The van der Waals surface area contributed by atoms with E-state index in [0.29, 0.717) is 6.61 Å².